The number of aryl methyl sites for hydroxylation is 1. The first-order valence-electron chi connectivity index (χ1n) is 14.2. The second-order valence-electron chi connectivity index (χ2n) is 12.5. The molecule has 0 spiro atoms. The Hall–Kier alpha value is -1.96. The van der Waals surface area contributed by atoms with Gasteiger partial charge in [-0.25, -0.2) is 8.42 Å². The van der Waals surface area contributed by atoms with Crippen LogP contribution in [0.25, 0.3) is 6.08 Å². The average Bonchev–Trinajstić information content (AvgIpc) is 3.26. The smallest absolute Gasteiger partial charge is 0.243 e. The molecule has 1 aromatic heterocycles. The van der Waals surface area contributed by atoms with Crippen LogP contribution in [0.15, 0.2) is 40.9 Å². The predicted octanol–water partition coefficient (Wildman–Crippen LogP) is 5.49. The third-order valence-electron chi connectivity index (χ3n) is 8.65. The zero-order valence-electron chi connectivity index (χ0n) is 23.2. The molecular formula is C30H44N4O2S. The van der Waals surface area contributed by atoms with E-state index in [1.165, 1.54) is 36.1 Å². The van der Waals surface area contributed by atoms with Gasteiger partial charge in [-0.05, 0) is 79.9 Å². The summed E-state index contributed by atoms with van der Waals surface area (Å²) < 4.78 is 31.7. The number of aromatic nitrogens is 2. The minimum Gasteiger partial charge on any atom is -0.302 e. The van der Waals surface area contributed by atoms with E-state index in [0.717, 1.165) is 57.4 Å². The average molecular weight is 525 g/mol. The molecule has 3 aliphatic rings. The summed E-state index contributed by atoms with van der Waals surface area (Å²) in [6.07, 6.45) is 12.1. The van der Waals surface area contributed by atoms with E-state index < -0.39 is 10.0 Å². The quantitative estimate of drug-likeness (QED) is 0.481. The van der Waals surface area contributed by atoms with Crippen molar-refractivity contribution in [1.82, 2.24) is 19.0 Å². The number of hydrogen-bond donors (Lipinski definition) is 0. The van der Waals surface area contributed by atoms with Crippen LogP contribution in [0.2, 0.25) is 0 Å². The molecule has 2 aliphatic heterocycles. The third-order valence-corrected chi connectivity index (χ3v) is 10.5. The van der Waals surface area contributed by atoms with Crippen molar-refractivity contribution in [2.24, 2.45) is 5.41 Å². The Morgan fingerprint density at radius 2 is 1.76 bits per heavy atom. The van der Waals surface area contributed by atoms with Crippen LogP contribution in [-0.4, -0.2) is 60.1 Å². The first-order valence-corrected chi connectivity index (χ1v) is 15.7. The van der Waals surface area contributed by atoms with Crippen LogP contribution in [0.4, 0.5) is 0 Å². The highest BCUT2D eigenvalue weighted by atomic mass is 32.2. The summed E-state index contributed by atoms with van der Waals surface area (Å²) in [7, 11) is -3.57. The van der Waals surface area contributed by atoms with Gasteiger partial charge in [-0.15, -0.1) is 0 Å². The zero-order valence-corrected chi connectivity index (χ0v) is 24.0. The number of fused-ring (bicyclic) bond motifs is 2. The largest absolute Gasteiger partial charge is 0.302 e. The van der Waals surface area contributed by atoms with Gasteiger partial charge in [-0.1, -0.05) is 58.2 Å². The van der Waals surface area contributed by atoms with Gasteiger partial charge in [0.15, 0.2) is 0 Å². The van der Waals surface area contributed by atoms with E-state index in [-0.39, 0.29) is 10.8 Å². The summed E-state index contributed by atoms with van der Waals surface area (Å²) in [6.45, 7) is 13.8. The molecule has 3 heterocycles. The lowest BCUT2D eigenvalue weighted by Gasteiger charge is -2.48. The van der Waals surface area contributed by atoms with Crippen LogP contribution in [-0.2, 0) is 28.4 Å². The van der Waals surface area contributed by atoms with E-state index in [1.54, 1.807) is 16.4 Å². The molecule has 0 bridgehead atoms. The molecule has 2 saturated heterocycles. The van der Waals surface area contributed by atoms with Crippen LogP contribution < -0.4 is 0 Å². The van der Waals surface area contributed by atoms with Gasteiger partial charge in [0, 0.05) is 31.6 Å². The molecule has 1 atom stereocenters. The highest BCUT2D eigenvalue weighted by Gasteiger charge is 2.46. The molecule has 6 nitrogen and oxygen atoms in total. The predicted molar refractivity (Wildman–Crippen MR) is 150 cm³/mol. The molecule has 1 aromatic carbocycles. The monoisotopic (exact) mass is 524 g/mol. The van der Waals surface area contributed by atoms with Gasteiger partial charge in [-0.2, -0.15) is 9.40 Å². The Morgan fingerprint density at radius 3 is 2.43 bits per heavy atom. The first-order chi connectivity index (χ1) is 17.6. The van der Waals surface area contributed by atoms with Crippen molar-refractivity contribution in [2.45, 2.75) is 89.5 Å². The first kappa shape index (κ1) is 26.6. The van der Waals surface area contributed by atoms with Crippen molar-refractivity contribution in [1.29, 1.82) is 0 Å². The van der Waals surface area contributed by atoms with Gasteiger partial charge >= 0.3 is 0 Å². The van der Waals surface area contributed by atoms with Crippen LogP contribution in [0, 0.1) is 5.41 Å². The van der Waals surface area contributed by atoms with E-state index in [2.05, 4.69) is 43.4 Å². The third kappa shape index (κ3) is 5.32. The molecule has 7 heteroatoms. The molecule has 0 N–H and O–H groups in total. The van der Waals surface area contributed by atoms with Crippen molar-refractivity contribution < 1.29 is 8.42 Å². The number of benzene rings is 1. The van der Waals surface area contributed by atoms with Crippen molar-refractivity contribution in [3.05, 3.63) is 52.9 Å². The number of nitrogens with zero attached hydrogens (tertiary/aromatic N) is 4. The van der Waals surface area contributed by atoms with E-state index in [1.807, 2.05) is 18.3 Å². The van der Waals surface area contributed by atoms with Crippen molar-refractivity contribution in [3.63, 3.8) is 0 Å². The van der Waals surface area contributed by atoms with E-state index in [4.69, 9.17) is 5.10 Å². The van der Waals surface area contributed by atoms with Crippen molar-refractivity contribution in [3.8, 4) is 0 Å². The van der Waals surface area contributed by atoms with E-state index >= 15 is 0 Å². The fourth-order valence-electron chi connectivity index (χ4n) is 6.41. The molecule has 0 unspecified atom stereocenters. The standard InChI is InChI=1S/C30H44N4O2S/c1-5-6-17-34-28-19-26-14-18-33(37(35,36)27-12-10-25(11-13-27)29(2,3)4)23-30(26,20-24(28)21-31-34)22-32-15-8-7-9-16-32/h10-13,19,21H,5-9,14-18,20,22-23H2,1-4H3/t30-/m0/s1. The Morgan fingerprint density at radius 1 is 1.03 bits per heavy atom. The van der Waals surface area contributed by atoms with Crippen molar-refractivity contribution >= 4 is 16.1 Å². The Bertz CT molecular complexity index is 1230. The highest BCUT2D eigenvalue weighted by Crippen LogP contribution is 2.46. The fourth-order valence-corrected chi connectivity index (χ4v) is 7.94. The molecule has 5 rings (SSSR count). The minimum atomic E-state index is -3.57. The lowest BCUT2D eigenvalue weighted by Crippen LogP contribution is -2.54. The molecule has 202 valence electrons. The number of rotatable bonds is 7. The summed E-state index contributed by atoms with van der Waals surface area (Å²) in [5.74, 6) is 0. The van der Waals surface area contributed by atoms with Crippen LogP contribution >= 0.6 is 0 Å². The van der Waals surface area contributed by atoms with Gasteiger partial charge in [0.25, 0.3) is 0 Å². The maximum atomic E-state index is 13.9. The van der Waals surface area contributed by atoms with Gasteiger partial charge in [0.2, 0.25) is 10.0 Å². The highest BCUT2D eigenvalue weighted by molar-refractivity contribution is 7.89. The maximum absolute atomic E-state index is 13.9. The molecule has 2 aromatic rings. The van der Waals surface area contributed by atoms with Gasteiger partial charge in [-0.3, -0.25) is 4.68 Å². The molecule has 0 radical (unpaired) electrons. The Balaban J connectivity index is 1.46. The summed E-state index contributed by atoms with van der Waals surface area (Å²) in [4.78, 5) is 2.99. The molecule has 2 fully saturated rings. The van der Waals surface area contributed by atoms with Crippen LogP contribution in [0.3, 0.4) is 0 Å². The molecule has 1 aliphatic carbocycles. The Labute approximate surface area is 223 Å². The topological polar surface area (TPSA) is 58.4 Å². The summed E-state index contributed by atoms with van der Waals surface area (Å²) >= 11 is 0. The lowest BCUT2D eigenvalue weighted by molar-refractivity contribution is 0.114. The van der Waals surface area contributed by atoms with Crippen LogP contribution in [0.5, 0.6) is 0 Å². The number of unbranched alkanes of at least 4 members (excludes halogenated alkanes) is 1. The molecular weight excluding hydrogens is 480 g/mol. The minimum absolute atomic E-state index is 0.00696. The Kier molecular flexibility index (Phi) is 7.42. The second kappa shape index (κ2) is 10.3. The normalized spacial score (nSPS) is 23.4. The maximum Gasteiger partial charge on any atom is 0.243 e. The van der Waals surface area contributed by atoms with Gasteiger partial charge in [0.1, 0.15) is 0 Å². The van der Waals surface area contributed by atoms with Crippen molar-refractivity contribution in [2.75, 3.05) is 32.7 Å². The van der Waals surface area contributed by atoms with E-state index in [9.17, 15) is 8.42 Å². The summed E-state index contributed by atoms with van der Waals surface area (Å²) in [5, 5.41) is 4.74. The number of likely N-dealkylation sites (tertiary alicyclic amines) is 1. The van der Waals surface area contributed by atoms with Gasteiger partial charge in [0.05, 0.1) is 16.8 Å². The van der Waals surface area contributed by atoms with Crippen LogP contribution in [0.1, 0.15) is 83.0 Å². The summed E-state index contributed by atoms with van der Waals surface area (Å²) in [6, 6.07) is 7.55. The molecule has 0 amide bonds. The van der Waals surface area contributed by atoms with Gasteiger partial charge < -0.3 is 4.90 Å². The summed E-state index contributed by atoms with van der Waals surface area (Å²) in [5.41, 5.74) is 4.87. The molecule has 37 heavy (non-hydrogen) atoms. The number of piperidine rings is 2. The number of hydrogen-bond acceptors (Lipinski definition) is 4. The fraction of sp³-hybridized carbons (Fsp3) is 0.633. The van der Waals surface area contributed by atoms with E-state index in [0.29, 0.717) is 18.0 Å². The zero-order chi connectivity index (χ0) is 26.3. The molecule has 0 saturated carbocycles. The lowest BCUT2D eigenvalue weighted by atomic mass is 9.68. The SMILES string of the molecule is CCCCn1ncc2c1C=C1CCN(S(=O)(=O)c3ccc(C(C)(C)C)cc3)C[C@@]1(CN1CCCCC1)C2. The number of sulfonamides is 1. The second-order valence-corrected chi connectivity index (χ2v) is 14.4.